The van der Waals surface area contributed by atoms with E-state index in [1.165, 1.54) is 11.5 Å². The number of rotatable bonds is 3. The van der Waals surface area contributed by atoms with Crippen LogP contribution in [0.3, 0.4) is 0 Å². The van der Waals surface area contributed by atoms with Crippen molar-refractivity contribution in [1.29, 1.82) is 0 Å². The summed E-state index contributed by atoms with van der Waals surface area (Å²) in [6.07, 6.45) is 0.603. The molecule has 106 valence electrons. The van der Waals surface area contributed by atoms with Crippen molar-refractivity contribution in [2.75, 3.05) is 0 Å². The molecular weight excluding hydrogens is 306 g/mol. The third-order valence-corrected chi connectivity index (χ3v) is 4.39. The third kappa shape index (κ3) is 2.90. The van der Waals surface area contributed by atoms with Crippen molar-refractivity contribution in [3.8, 4) is 0 Å². The lowest BCUT2D eigenvalue weighted by molar-refractivity contribution is 0.625. The average Bonchev–Trinajstić information content (AvgIpc) is 2.50. The molecule has 21 heavy (non-hydrogen) atoms. The predicted octanol–water partition coefficient (Wildman–Crippen LogP) is 6.15. The highest BCUT2D eigenvalue weighted by Crippen LogP contribution is 2.33. The molecule has 0 aliphatic heterocycles. The summed E-state index contributed by atoms with van der Waals surface area (Å²) in [7, 11) is 0. The number of hydrogen-bond acceptors (Lipinski definition) is 0. The molecule has 3 heteroatoms. The van der Waals surface area contributed by atoms with E-state index in [1.54, 1.807) is 12.1 Å². The average molecular weight is 319 g/mol. The zero-order valence-electron chi connectivity index (χ0n) is 11.2. The number of fused-ring (bicyclic) bond motifs is 1. The second kappa shape index (κ2) is 6.05. The molecular formula is C18H13Cl2F. The summed E-state index contributed by atoms with van der Waals surface area (Å²) in [6.45, 7) is 0. The Morgan fingerprint density at radius 1 is 0.905 bits per heavy atom. The van der Waals surface area contributed by atoms with Gasteiger partial charge >= 0.3 is 0 Å². The SMILES string of the molecule is Fc1cccc(C(Cl)Cc2cccc3ccccc23)c1Cl. The Kier molecular flexibility index (Phi) is 4.14. The van der Waals surface area contributed by atoms with E-state index in [9.17, 15) is 4.39 Å². The highest BCUT2D eigenvalue weighted by atomic mass is 35.5. The van der Waals surface area contributed by atoms with Gasteiger partial charge in [0.1, 0.15) is 5.82 Å². The summed E-state index contributed by atoms with van der Waals surface area (Å²) in [6, 6.07) is 19.0. The molecule has 1 unspecified atom stereocenters. The van der Waals surface area contributed by atoms with Crippen LogP contribution in [0.25, 0.3) is 10.8 Å². The van der Waals surface area contributed by atoms with E-state index in [2.05, 4.69) is 18.2 Å². The smallest absolute Gasteiger partial charge is 0.142 e. The van der Waals surface area contributed by atoms with Gasteiger partial charge < -0.3 is 0 Å². The van der Waals surface area contributed by atoms with Crippen molar-refractivity contribution in [2.24, 2.45) is 0 Å². The molecule has 0 nitrogen and oxygen atoms in total. The van der Waals surface area contributed by atoms with E-state index in [1.807, 2.05) is 24.3 Å². The molecule has 1 atom stereocenters. The van der Waals surface area contributed by atoms with Crippen molar-refractivity contribution in [3.63, 3.8) is 0 Å². The Hall–Kier alpha value is -1.57. The van der Waals surface area contributed by atoms with E-state index >= 15 is 0 Å². The number of alkyl halides is 1. The minimum atomic E-state index is -0.433. The normalized spacial score (nSPS) is 12.5. The first kappa shape index (κ1) is 14.4. The lowest BCUT2D eigenvalue weighted by Crippen LogP contribution is -1.99. The lowest BCUT2D eigenvalue weighted by atomic mass is 9.98. The molecule has 0 amide bonds. The summed E-state index contributed by atoms with van der Waals surface area (Å²) in [4.78, 5) is 0. The van der Waals surface area contributed by atoms with Crippen LogP contribution in [-0.2, 0) is 6.42 Å². The van der Waals surface area contributed by atoms with Gasteiger partial charge in [-0.05, 0) is 34.4 Å². The van der Waals surface area contributed by atoms with Crippen LogP contribution in [0.4, 0.5) is 4.39 Å². The van der Waals surface area contributed by atoms with Crippen LogP contribution >= 0.6 is 23.2 Å². The minimum absolute atomic E-state index is 0.109. The maximum atomic E-state index is 13.5. The van der Waals surface area contributed by atoms with Crippen molar-refractivity contribution < 1.29 is 4.39 Å². The molecule has 0 heterocycles. The standard InChI is InChI=1S/C18H13Cl2F/c19-16(15-9-4-10-17(21)18(15)20)11-13-7-3-6-12-5-1-2-8-14(12)13/h1-10,16H,11H2. The minimum Gasteiger partial charge on any atom is -0.205 e. The van der Waals surface area contributed by atoms with Crippen molar-refractivity contribution in [3.05, 3.63) is 82.6 Å². The Morgan fingerprint density at radius 2 is 1.62 bits per heavy atom. The predicted molar refractivity (Wildman–Crippen MR) is 87.7 cm³/mol. The molecule has 3 aromatic carbocycles. The zero-order chi connectivity index (χ0) is 14.8. The van der Waals surface area contributed by atoms with Gasteiger partial charge in [-0.2, -0.15) is 0 Å². The fourth-order valence-electron chi connectivity index (χ4n) is 2.54. The van der Waals surface area contributed by atoms with Crippen molar-refractivity contribution >= 4 is 34.0 Å². The van der Waals surface area contributed by atoms with Gasteiger partial charge in [0.05, 0.1) is 10.4 Å². The van der Waals surface area contributed by atoms with Crippen molar-refractivity contribution in [1.82, 2.24) is 0 Å². The van der Waals surface area contributed by atoms with Crippen LogP contribution in [0, 0.1) is 5.82 Å². The molecule has 0 aliphatic rings. The van der Waals surface area contributed by atoms with Gasteiger partial charge in [-0.25, -0.2) is 4.39 Å². The summed E-state index contributed by atoms with van der Waals surface area (Å²) < 4.78 is 13.5. The molecule has 3 aromatic rings. The maximum Gasteiger partial charge on any atom is 0.142 e. The van der Waals surface area contributed by atoms with Gasteiger partial charge in [-0.15, -0.1) is 11.6 Å². The molecule has 0 aromatic heterocycles. The second-order valence-corrected chi connectivity index (χ2v) is 5.86. The number of halogens is 3. The topological polar surface area (TPSA) is 0 Å². The summed E-state index contributed by atoms with van der Waals surface area (Å²) in [5.41, 5.74) is 1.76. The van der Waals surface area contributed by atoms with Crippen LogP contribution in [0.2, 0.25) is 5.02 Å². The Bertz CT molecular complexity index is 778. The van der Waals surface area contributed by atoms with E-state index < -0.39 is 5.82 Å². The molecule has 0 spiro atoms. The highest BCUT2D eigenvalue weighted by molar-refractivity contribution is 6.33. The second-order valence-electron chi connectivity index (χ2n) is 4.95. The van der Waals surface area contributed by atoms with E-state index in [0.29, 0.717) is 12.0 Å². The van der Waals surface area contributed by atoms with Crippen LogP contribution in [0.15, 0.2) is 60.7 Å². The van der Waals surface area contributed by atoms with Gasteiger partial charge in [-0.1, -0.05) is 66.2 Å². The van der Waals surface area contributed by atoms with Crippen LogP contribution < -0.4 is 0 Å². The summed E-state index contributed by atoms with van der Waals surface area (Å²) in [5.74, 6) is -0.433. The number of hydrogen-bond donors (Lipinski definition) is 0. The molecule has 0 fully saturated rings. The third-order valence-electron chi connectivity index (χ3n) is 3.60. The monoisotopic (exact) mass is 318 g/mol. The highest BCUT2D eigenvalue weighted by Gasteiger charge is 2.16. The molecule has 3 rings (SSSR count). The fraction of sp³-hybridized carbons (Fsp3) is 0.111. The molecule has 0 radical (unpaired) electrons. The maximum absolute atomic E-state index is 13.5. The molecule has 0 N–H and O–H groups in total. The Labute approximate surface area is 133 Å². The van der Waals surface area contributed by atoms with Gasteiger partial charge in [0, 0.05) is 0 Å². The Morgan fingerprint density at radius 3 is 2.48 bits per heavy atom. The van der Waals surface area contributed by atoms with Crippen molar-refractivity contribution in [2.45, 2.75) is 11.8 Å². The first-order valence-corrected chi connectivity index (χ1v) is 7.53. The van der Waals surface area contributed by atoms with Gasteiger partial charge in [0.25, 0.3) is 0 Å². The van der Waals surface area contributed by atoms with Crippen LogP contribution in [-0.4, -0.2) is 0 Å². The molecule has 0 bridgehead atoms. The Balaban J connectivity index is 1.97. The van der Waals surface area contributed by atoms with E-state index in [-0.39, 0.29) is 10.4 Å². The summed E-state index contributed by atoms with van der Waals surface area (Å²) >= 11 is 12.5. The van der Waals surface area contributed by atoms with Crippen LogP contribution in [0.5, 0.6) is 0 Å². The van der Waals surface area contributed by atoms with Gasteiger partial charge in [0.15, 0.2) is 0 Å². The largest absolute Gasteiger partial charge is 0.205 e. The van der Waals surface area contributed by atoms with Crippen LogP contribution in [0.1, 0.15) is 16.5 Å². The van der Waals surface area contributed by atoms with E-state index in [0.717, 1.165) is 10.9 Å². The van der Waals surface area contributed by atoms with Gasteiger partial charge in [-0.3, -0.25) is 0 Å². The summed E-state index contributed by atoms with van der Waals surface area (Å²) in [5, 5.41) is 2.08. The van der Waals surface area contributed by atoms with E-state index in [4.69, 9.17) is 23.2 Å². The molecule has 0 aliphatic carbocycles. The first-order chi connectivity index (χ1) is 10.2. The molecule has 0 saturated carbocycles. The quantitative estimate of drug-likeness (QED) is 0.508. The first-order valence-electron chi connectivity index (χ1n) is 6.71. The molecule has 0 saturated heterocycles. The fourth-order valence-corrected chi connectivity index (χ4v) is 3.20. The van der Waals surface area contributed by atoms with Gasteiger partial charge in [0.2, 0.25) is 0 Å². The number of benzene rings is 3. The lowest BCUT2D eigenvalue weighted by Gasteiger charge is -2.14. The zero-order valence-corrected chi connectivity index (χ0v) is 12.7.